The molecule has 4 rings (SSSR count). The Kier molecular flexibility index (Phi) is 4.64. The van der Waals surface area contributed by atoms with E-state index in [-0.39, 0.29) is 16.9 Å². The van der Waals surface area contributed by atoms with Crippen LogP contribution in [0.25, 0.3) is 10.9 Å². The molecule has 136 valence electrons. The molecule has 1 amide bonds. The number of nitrogens with one attached hydrogen (secondary N) is 1. The standard InChI is InChI=1S/C23H15FN2O2/c24-17-11-9-15(10-12-17)22(27)19-6-2-3-7-20(19)23(28)26-18-13-16-5-1-4-8-21(16)25-14-18/h1-14H,(H,26,28). The van der Waals surface area contributed by atoms with E-state index in [2.05, 4.69) is 10.3 Å². The second-order valence-electron chi connectivity index (χ2n) is 6.25. The van der Waals surface area contributed by atoms with Gasteiger partial charge < -0.3 is 5.32 Å². The number of halogens is 1. The molecule has 0 atom stereocenters. The van der Waals surface area contributed by atoms with Gasteiger partial charge in [-0.25, -0.2) is 4.39 Å². The summed E-state index contributed by atoms with van der Waals surface area (Å²) in [6.45, 7) is 0. The molecule has 3 aromatic carbocycles. The summed E-state index contributed by atoms with van der Waals surface area (Å²) >= 11 is 0. The number of nitrogens with zero attached hydrogens (tertiary/aromatic N) is 1. The number of hydrogen-bond donors (Lipinski definition) is 1. The number of carbonyl (C=O) groups is 2. The monoisotopic (exact) mass is 370 g/mol. The summed E-state index contributed by atoms with van der Waals surface area (Å²) in [6.07, 6.45) is 1.57. The average Bonchev–Trinajstić information content (AvgIpc) is 2.73. The first-order valence-electron chi connectivity index (χ1n) is 8.67. The van der Waals surface area contributed by atoms with E-state index >= 15 is 0 Å². The topological polar surface area (TPSA) is 59.1 Å². The summed E-state index contributed by atoms with van der Waals surface area (Å²) in [7, 11) is 0. The number of amides is 1. The molecule has 0 spiro atoms. The fourth-order valence-corrected chi connectivity index (χ4v) is 2.97. The van der Waals surface area contributed by atoms with E-state index in [4.69, 9.17) is 0 Å². The molecule has 0 aliphatic carbocycles. The highest BCUT2D eigenvalue weighted by Gasteiger charge is 2.18. The molecule has 0 radical (unpaired) electrons. The number of carbonyl (C=O) groups excluding carboxylic acids is 2. The second kappa shape index (κ2) is 7.40. The summed E-state index contributed by atoms with van der Waals surface area (Å²) in [5.41, 5.74) is 2.17. The Hall–Kier alpha value is -3.86. The SMILES string of the molecule is O=C(Nc1cnc2ccccc2c1)c1ccccc1C(=O)c1ccc(F)cc1. The smallest absolute Gasteiger partial charge is 0.256 e. The summed E-state index contributed by atoms with van der Waals surface area (Å²) in [6, 6.07) is 21.2. The van der Waals surface area contributed by atoms with Crippen molar-refractivity contribution in [3.8, 4) is 0 Å². The minimum atomic E-state index is -0.425. The van der Waals surface area contributed by atoms with Gasteiger partial charge in [-0.2, -0.15) is 0 Å². The van der Waals surface area contributed by atoms with Crippen LogP contribution in [-0.4, -0.2) is 16.7 Å². The van der Waals surface area contributed by atoms with Crippen LogP contribution in [-0.2, 0) is 0 Å². The van der Waals surface area contributed by atoms with Gasteiger partial charge in [0.1, 0.15) is 5.82 Å². The first kappa shape index (κ1) is 17.5. The lowest BCUT2D eigenvalue weighted by atomic mass is 9.98. The van der Waals surface area contributed by atoms with E-state index in [0.717, 1.165) is 10.9 Å². The molecule has 0 aliphatic heterocycles. The van der Waals surface area contributed by atoms with Crippen molar-refractivity contribution in [2.45, 2.75) is 0 Å². The van der Waals surface area contributed by atoms with Gasteiger partial charge in [0.15, 0.2) is 5.78 Å². The van der Waals surface area contributed by atoms with Gasteiger partial charge in [0, 0.05) is 16.5 Å². The van der Waals surface area contributed by atoms with Crippen LogP contribution in [0.4, 0.5) is 10.1 Å². The van der Waals surface area contributed by atoms with Crippen LogP contribution in [0.15, 0.2) is 85.1 Å². The predicted molar refractivity (Wildman–Crippen MR) is 106 cm³/mol. The van der Waals surface area contributed by atoms with Crippen LogP contribution >= 0.6 is 0 Å². The molecule has 28 heavy (non-hydrogen) atoms. The van der Waals surface area contributed by atoms with Crippen molar-refractivity contribution in [3.63, 3.8) is 0 Å². The van der Waals surface area contributed by atoms with Crippen LogP contribution in [0.5, 0.6) is 0 Å². The van der Waals surface area contributed by atoms with Crippen molar-refractivity contribution < 1.29 is 14.0 Å². The van der Waals surface area contributed by atoms with E-state index in [0.29, 0.717) is 11.3 Å². The number of benzene rings is 3. The number of anilines is 1. The molecular weight excluding hydrogens is 355 g/mol. The third kappa shape index (κ3) is 3.50. The molecule has 0 saturated carbocycles. The van der Waals surface area contributed by atoms with E-state index in [1.807, 2.05) is 30.3 Å². The van der Waals surface area contributed by atoms with Crippen molar-refractivity contribution in [1.29, 1.82) is 0 Å². The molecule has 1 N–H and O–H groups in total. The summed E-state index contributed by atoms with van der Waals surface area (Å²) in [5, 5.41) is 3.69. The van der Waals surface area contributed by atoms with Crippen LogP contribution in [0.1, 0.15) is 26.3 Å². The molecule has 4 nitrogen and oxygen atoms in total. The van der Waals surface area contributed by atoms with Crippen LogP contribution < -0.4 is 5.32 Å². The lowest BCUT2D eigenvalue weighted by molar-refractivity contribution is 0.0996. The number of para-hydroxylation sites is 1. The Morgan fingerprint density at radius 1 is 0.821 bits per heavy atom. The van der Waals surface area contributed by atoms with E-state index in [1.165, 1.54) is 24.3 Å². The maximum absolute atomic E-state index is 13.1. The quantitative estimate of drug-likeness (QED) is 0.522. The van der Waals surface area contributed by atoms with E-state index in [9.17, 15) is 14.0 Å². The zero-order chi connectivity index (χ0) is 19.5. The fraction of sp³-hybridized carbons (Fsp3) is 0. The predicted octanol–water partition coefficient (Wildman–Crippen LogP) is 4.86. The van der Waals surface area contributed by atoms with E-state index < -0.39 is 11.7 Å². The highest BCUT2D eigenvalue weighted by Crippen LogP contribution is 2.19. The Balaban J connectivity index is 1.64. The van der Waals surface area contributed by atoms with Gasteiger partial charge in [0.2, 0.25) is 0 Å². The normalized spacial score (nSPS) is 10.6. The Labute approximate surface area is 160 Å². The lowest BCUT2D eigenvalue weighted by Gasteiger charge is -2.10. The van der Waals surface area contributed by atoms with Gasteiger partial charge in [-0.1, -0.05) is 36.4 Å². The van der Waals surface area contributed by atoms with Gasteiger partial charge in [-0.3, -0.25) is 14.6 Å². The van der Waals surface area contributed by atoms with Crippen molar-refractivity contribution in [2.24, 2.45) is 0 Å². The van der Waals surface area contributed by atoms with Gasteiger partial charge in [-0.05, 0) is 42.5 Å². The van der Waals surface area contributed by atoms with Crippen LogP contribution in [0, 0.1) is 5.82 Å². The summed E-state index contributed by atoms with van der Waals surface area (Å²) in [4.78, 5) is 29.9. The van der Waals surface area contributed by atoms with Crippen LogP contribution in [0.3, 0.4) is 0 Å². The number of pyridine rings is 1. The molecule has 1 aromatic heterocycles. The first-order valence-corrected chi connectivity index (χ1v) is 8.67. The van der Waals surface area contributed by atoms with Crippen molar-refractivity contribution in [1.82, 2.24) is 4.98 Å². The van der Waals surface area contributed by atoms with Crippen molar-refractivity contribution in [3.05, 3.63) is 108 Å². The highest BCUT2D eigenvalue weighted by molar-refractivity contribution is 6.17. The third-order valence-electron chi connectivity index (χ3n) is 4.37. The molecule has 0 aliphatic rings. The molecule has 0 unspecified atom stereocenters. The maximum atomic E-state index is 13.1. The number of hydrogen-bond acceptors (Lipinski definition) is 3. The maximum Gasteiger partial charge on any atom is 0.256 e. The van der Waals surface area contributed by atoms with Crippen molar-refractivity contribution in [2.75, 3.05) is 5.32 Å². The molecule has 0 fully saturated rings. The largest absolute Gasteiger partial charge is 0.321 e. The summed E-state index contributed by atoms with van der Waals surface area (Å²) in [5.74, 6) is -1.18. The molecule has 1 heterocycles. The number of fused-ring (bicyclic) bond motifs is 1. The zero-order valence-electron chi connectivity index (χ0n) is 14.7. The number of ketones is 1. The molecule has 5 heteroatoms. The molecule has 0 bridgehead atoms. The molecule has 4 aromatic rings. The van der Waals surface area contributed by atoms with Gasteiger partial charge in [0.05, 0.1) is 23.0 Å². The zero-order valence-corrected chi connectivity index (χ0v) is 14.7. The highest BCUT2D eigenvalue weighted by atomic mass is 19.1. The minimum Gasteiger partial charge on any atom is -0.321 e. The number of rotatable bonds is 4. The Morgan fingerprint density at radius 3 is 2.29 bits per heavy atom. The van der Waals surface area contributed by atoms with Gasteiger partial charge in [-0.15, -0.1) is 0 Å². The average molecular weight is 370 g/mol. The van der Waals surface area contributed by atoms with Crippen molar-refractivity contribution >= 4 is 28.3 Å². The first-order chi connectivity index (χ1) is 13.6. The second-order valence-corrected chi connectivity index (χ2v) is 6.25. The third-order valence-corrected chi connectivity index (χ3v) is 4.37. The Bertz CT molecular complexity index is 1190. The molecule has 0 saturated heterocycles. The van der Waals surface area contributed by atoms with Gasteiger partial charge >= 0.3 is 0 Å². The van der Waals surface area contributed by atoms with Crippen LogP contribution in [0.2, 0.25) is 0 Å². The summed E-state index contributed by atoms with van der Waals surface area (Å²) < 4.78 is 13.1. The lowest BCUT2D eigenvalue weighted by Crippen LogP contribution is -2.17. The minimum absolute atomic E-state index is 0.241. The Morgan fingerprint density at radius 2 is 1.50 bits per heavy atom. The van der Waals surface area contributed by atoms with E-state index in [1.54, 1.807) is 30.5 Å². The number of aromatic nitrogens is 1. The molecular formula is C23H15FN2O2. The fourth-order valence-electron chi connectivity index (χ4n) is 2.97. The van der Waals surface area contributed by atoms with Gasteiger partial charge in [0.25, 0.3) is 5.91 Å².